The summed E-state index contributed by atoms with van der Waals surface area (Å²) in [5, 5.41) is 6.43. The monoisotopic (exact) mass is 352 g/mol. The van der Waals surface area contributed by atoms with E-state index in [0.717, 1.165) is 5.56 Å². The fourth-order valence-electron chi connectivity index (χ4n) is 2.30. The van der Waals surface area contributed by atoms with Crippen molar-refractivity contribution in [1.29, 1.82) is 0 Å². The van der Waals surface area contributed by atoms with Crippen molar-refractivity contribution in [2.24, 2.45) is 0 Å². The van der Waals surface area contributed by atoms with Crippen LogP contribution in [0.2, 0.25) is 5.02 Å². The van der Waals surface area contributed by atoms with Crippen LogP contribution in [0.15, 0.2) is 67.0 Å². The van der Waals surface area contributed by atoms with Gasteiger partial charge in [0, 0.05) is 12.4 Å². The molecule has 2 N–H and O–H groups in total. The Morgan fingerprint density at radius 3 is 2.32 bits per heavy atom. The van der Waals surface area contributed by atoms with Gasteiger partial charge in [0.05, 0.1) is 22.3 Å². The summed E-state index contributed by atoms with van der Waals surface area (Å²) < 4.78 is 0. The Balaban J connectivity index is 1.66. The van der Waals surface area contributed by atoms with Crippen LogP contribution in [-0.4, -0.2) is 15.9 Å². The maximum absolute atomic E-state index is 12.3. The van der Waals surface area contributed by atoms with Crippen molar-refractivity contribution < 1.29 is 4.79 Å². The van der Waals surface area contributed by atoms with E-state index in [9.17, 15) is 4.79 Å². The number of amides is 1. The molecule has 0 saturated heterocycles. The van der Waals surface area contributed by atoms with Gasteiger partial charge in [0.2, 0.25) is 5.95 Å². The fraction of sp³-hybridized carbons (Fsp3) is 0.105. The lowest BCUT2D eigenvalue weighted by molar-refractivity contribution is 0.102. The summed E-state index contributed by atoms with van der Waals surface area (Å²) in [7, 11) is 0. The van der Waals surface area contributed by atoms with Gasteiger partial charge in [-0.15, -0.1) is 0 Å². The van der Waals surface area contributed by atoms with Crippen LogP contribution in [0.1, 0.15) is 28.9 Å². The molecular formula is C19H17ClN4O. The summed E-state index contributed by atoms with van der Waals surface area (Å²) in [4.78, 5) is 20.7. The number of para-hydroxylation sites is 1. The summed E-state index contributed by atoms with van der Waals surface area (Å²) in [5.41, 5.74) is 2.04. The normalized spacial score (nSPS) is 11.6. The van der Waals surface area contributed by atoms with Crippen molar-refractivity contribution in [3.8, 4) is 0 Å². The van der Waals surface area contributed by atoms with Gasteiger partial charge in [-0.05, 0) is 24.6 Å². The fourth-order valence-corrected chi connectivity index (χ4v) is 2.48. The van der Waals surface area contributed by atoms with E-state index in [1.54, 1.807) is 24.3 Å². The number of rotatable bonds is 5. The average Bonchev–Trinajstić information content (AvgIpc) is 2.65. The average molecular weight is 353 g/mol. The molecule has 6 heteroatoms. The van der Waals surface area contributed by atoms with Gasteiger partial charge in [-0.2, -0.15) is 0 Å². The Kier molecular flexibility index (Phi) is 5.26. The van der Waals surface area contributed by atoms with Crippen LogP contribution in [0, 0.1) is 0 Å². The number of nitrogens with one attached hydrogen (secondary N) is 2. The lowest BCUT2D eigenvalue weighted by Crippen LogP contribution is -2.14. The summed E-state index contributed by atoms with van der Waals surface area (Å²) in [5.74, 6) is 0.154. The molecule has 1 atom stereocenters. The highest BCUT2D eigenvalue weighted by Crippen LogP contribution is 2.21. The molecule has 1 unspecified atom stereocenters. The van der Waals surface area contributed by atoms with Gasteiger partial charge < -0.3 is 10.6 Å². The molecule has 0 fully saturated rings. The van der Waals surface area contributed by atoms with Crippen LogP contribution in [0.4, 0.5) is 11.6 Å². The zero-order chi connectivity index (χ0) is 17.6. The second-order valence-electron chi connectivity index (χ2n) is 5.51. The number of anilines is 2. The maximum Gasteiger partial charge on any atom is 0.258 e. The summed E-state index contributed by atoms with van der Waals surface area (Å²) in [6, 6.07) is 17.1. The molecule has 0 aliphatic carbocycles. The number of benzene rings is 2. The molecular weight excluding hydrogens is 336 g/mol. The summed E-state index contributed by atoms with van der Waals surface area (Å²) in [6.07, 6.45) is 2.97. The van der Waals surface area contributed by atoms with E-state index in [2.05, 4.69) is 20.6 Å². The van der Waals surface area contributed by atoms with E-state index < -0.39 is 0 Å². The van der Waals surface area contributed by atoms with Gasteiger partial charge >= 0.3 is 0 Å². The third-order valence-electron chi connectivity index (χ3n) is 3.68. The van der Waals surface area contributed by atoms with E-state index >= 15 is 0 Å². The van der Waals surface area contributed by atoms with Crippen LogP contribution >= 0.6 is 11.6 Å². The van der Waals surface area contributed by atoms with Gasteiger partial charge in [0.25, 0.3) is 5.91 Å². The Labute approximate surface area is 151 Å². The van der Waals surface area contributed by atoms with Gasteiger partial charge in [-0.1, -0.05) is 54.1 Å². The molecule has 5 nitrogen and oxygen atoms in total. The topological polar surface area (TPSA) is 66.9 Å². The largest absolute Gasteiger partial charge is 0.348 e. The molecule has 126 valence electrons. The molecule has 0 spiro atoms. The first kappa shape index (κ1) is 16.9. The lowest BCUT2D eigenvalue weighted by Gasteiger charge is -2.14. The highest BCUT2D eigenvalue weighted by Gasteiger charge is 2.11. The van der Waals surface area contributed by atoms with Crippen molar-refractivity contribution in [3.63, 3.8) is 0 Å². The zero-order valence-electron chi connectivity index (χ0n) is 13.6. The molecule has 0 bridgehead atoms. The first-order valence-electron chi connectivity index (χ1n) is 7.83. The van der Waals surface area contributed by atoms with Gasteiger partial charge in [0.1, 0.15) is 0 Å². The molecule has 3 aromatic rings. The second kappa shape index (κ2) is 7.77. The van der Waals surface area contributed by atoms with Crippen molar-refractivity contribution in [2.45, 2.75) is 13.0 Å². The Morgan fingerprint density at radius 1 is 1.00 bits per heavy atom. The smallest absolute Gasteiger partial charge is 0.258 e. The number of carbonyl (C=O) groups is 1. The standard InChI is InChI=1S/C19H17ClN4O/c1-13(14-7-3-2-4-8-14)23-19-21-11-15(12-22-19)18(25)24-17-10-6-5-9-16(17)20/h2-13H,1H3,(H,24,25)(H,21,22,23). The SMILES string of the molecule is CC(Nc1ncc(C(=O)Nc2ccccc2Cl)cn1)c1ccccc1. The second-order valence-corrected chi connectivity index (χ2v) is 5.91. The molecule has 0 radical (unpaired) electrons. The van der Waals surface area contributed by atoms with E-state index in [0.29, 0.717) is 22.2 Å². The minimum Gasteiger partial charge on any atom is -0.348 e. The number of hydrogen-bond acceptors (Lipinski definition) is 4. The molecule has 0 aliphatic heterocycles. The molecule has 3 rings (SSSR count). The van der Waals surface area contributed by atoms with Gasteiger partial charge in [0.15, 0.2) is 0 Å². The summed E-state index contributed by atoms with van der Waals surface area (Å²) >= 11 is 6.04. The minimum atomic E-state index is -0.309. The zero-order valence-corrected chi connectivity index (χ0v) is 14.4. The van der Waals surface area contributed by atoms with Crippen LogP contribution in [-0.2, 0) is 0 Å². The summed E-state index contributed by atoms with van der Waals surface area (Å²) in [6.45, 7) is 2.02. The molecule has 0 aliphatic rings. The highest BCUT2D eigenvalue weighted by molar-refractivity contribution is 6.33. The number of hydrogen-bond donors (Lipinski definition) is 2. The van der Waals surface area contributed by atoms with Crippen molar-refractivity contribution in [2.75, 3.05) is 10.6 Å². The van der Waals surface area contributed by atoms with E-state index in [-0.39, 0.29) is 11.9 Å². The molecule has 0 saturated carbocycles. The van der Waals surface area contributed by atoms with E-state index in [1.807, 2.05) is 37.3 Å². The van der Waals surface area contributed by atoms with E-state index in [4.69, 9.17) is 11.6 Å². The highest BCUT2D eigenvalue weighted by atomic mass is 35.5. The van der Waals surface area contributed by atoms with Crippen LogP contribution in [0.5, 0.6) is 0 Å². The third-order valence-corrected chi connectivity index (χ3v) is 4.01. The molecule has 1 heterocycles. The van der Waals surface area contributed by atoms with Gasteiger partial charge in [-0.25, -0.2) is 9.97 Å². The Bertz CT molecular complexity index is 853. The van der Waals surface area contributed by atoms with Crippen LogP contribution < -0.4 is 10.6 Å². The van der Waals surface area contributed by atoms with Crippen molar-refractivity contribution >= 4 is 29.1 Å². The first-order chi connectivity index (χ1) is 12.1. The van der Waals surface area contributed by atoms with Gasteiger partial charge in [-0.3, -0.25) is 4.79 Å². The van der Waals surface area contributed by atoms with Crippen molar-refractivity contribution in [3.05, 3.63) is 83.1 Å². The third kappa shape index (κ3) is 4.33. The van der Waals surface area contributed by atoms with E-state index in [1.165, 1.54) is 12.4 Å². The molecule has 1 amide bonds. The lowest BCUT2D eigenvalue weighted by atomic mass is 10.1. The Morgan fingerprint density at radius 2 is 1.64 bits per heavy atom. The molecule has 2 aromatic carbocycles. The quantitative estimate of drug-likeness (QED) is 0.706. The van der Waals surface area contributed by atoms with Crippen LogP contribution in [0.25, 0.3) is 0 Å². The number of carbonyl (C=O) groups excluding carboxylic acids is 1. The predicted molar refractivity (Wildman–Crippen MR) is 99.9 cm³/mol. The number of aromatic nitrogens is 2. The minimum absolute atomic E-state index is 0.0593. The first-order valence-corrected chi connectivity index (χ1v) is 8.20. The number of halogens is 1. The van der Waals surface area contributed by atoms with Crippen molar-refractivity contribution in [1.82, 2.24) is 9.97 Å². The Hall–Kier alpha value is -2.92. The predicted octanol–water partition coefficient (Wildman–Crippen LogP) is 4.56. The molecule has 25 heavy (non-hydrogen) atoms. The molecule has 1 aromatic heterocycles. The maximum atomic E-state index is 12.3. The number of nitrogens with zero attached hydrogens (tertiary/aromatic N) is 2. The van der Waals surface area contributed by atoms with Crippen LogP contribution in [0.3, 0.4) is 0 Å².